The van der Waals surface area contributed by atoms with Crippen molar-refractivity contribution in [3.05, 3.63) is 59.0 Å². The third kappa shape index (κ3) is 2.36. The summed E-state index contributed by atoms with van der Waals surface area (Å²) in [6.07, 6.45) is 0. The van der Waals surface area contributed by atoms with Gasteiger partial charge in [0.15, 0.2) is 0 Å². The fraction of sp³-hybridized carbons (Fsp3) is 0.167. The van der Waals surface area contributed by atoms with Crippen molar-refractivity contribution in [2.24, 2.45) is 5.73 Å². The minimum Gasteiger partial charge on any atom is -0.507 e. The zero-order valence-corrected chi connectivity index (χ0v) is 13.2. The van der Waals surface area contributed by atoms with Crippen LogP contribution in [0, 0.1) is 11.3 Å². The number of hydrogen-bond donors (Lipinski definition) is 2. The molecule has 24 heavy (non-hydrogen) atoms. The Morgan fingerprint density at radius 1 is 1.21 bits per heavy atom. The number of nitrogens with zero attached hydrogens (tertiary/aromatic N) is 1. The van der Waals surface area contributed by atoms with E-state index in [4.69, 9.17) is 19.9 Å². The van der Waals surface area contributed by atoms with E-state index in [0.29, 0.717) is 28.4 Å². The number of nitriles is 1. The van der Waals surface area contributed by atoms with Gasteiger partial charge in [-0.1, -0.05) is 12.1 Å². The van der Waals surface area contributed by atoms with Gasteiger partial charge in [0, 0.05) is 17.2 Å². The summed E-state index contributed by atoms with van der Waals surface area (Å²) in [5.74, 6) is 0.996. The zero-order chi connectivity index (χ0) is 17.3. The van der Waals surface area contributed by atoms with Crippen molar-refractivity contribution in [2.75, 3.05) is 14.2 Å². The summed E-state index contributed by atoms with van der Waals surface area (Å²) in [6, 6.07) is 12.2. The Labute approximate surface area is 139 Å². The van der Waals surface area contributed by atoms with Crippen molar-refractivity contribution in [2.45, 2.75) is 5.92 Å². The van der Waals surface area contributed by atoms with E-state index in [2.05, 4.69) is 6.07 Å². The lowest BCUT2D eigenvalue weighted by Crippen LogP contribution is -2.21. The number of hydrogen-bond acceptors (Lipinski definition) is 6. The second kappa shape index (κ2) is 6.05. The summed E-state index contributed by atoms with van der Waals surface area (Å²) in [4.78, 5) is 0. The van der Waals surface area contributed by atoms with Gasteiger partial charge in [-0.05, 0) is 18.2 Å². The van der Waals surface area contributed by atoms with Crippen molar-refractivity contribution in [3.63, 3.8) is 0 Å². The number of ether oxygens (including phenoxy) is 3. The zero-order valence-electron chi connectivity index (χ0n) is 13.2. The Morgan fingerprint density at radius 2 is 2.00 bits per heavy atom. The molecule has 6 nitrogen and oxygen atoms in total. The number of phenolic OH excluding ortho intramolecular Hbond substituents is 1. The quantitative estimate of drug-likeness (QED) is 0.900. The van der Waals surface area contributed by atoms with Gasteiger partial charge in [0.05, 0.1) is 20.1 Å². The van der Waals surface area contributed by atoms with Crippen molar-refractivity contribution in [3.8, 4) is 29.1 Å². The first kappa shape index (κ1) is 15.6. The van der Waals surface area contributed by atoms with Crippen molar-refractivity contribution in [1.82, 2.24) is 0 Å². The Hall–Kier alpha value is -3.33. The largest absolute Gasteiger partial charge is 0.507 e. The molecule has 122 valence electrons. The number of nitrogens with two attached hydrogens (primary N) is 1. The van der Waals surface area contributed by atoms with Gasteiger partial charge in [-0.15, -0.1) is 0 Å². The summed E-state index contributed by atoms with van der Waals surface area (Å²) in [6.45, 7) is 0. The van der Waals surface area contributed by atoms with Gasteiger partial charge >= 0.3 is 0 Å². The number of methoxy groups -OCH3 is 2. The molecule has 0 spiro atoms. The summed E-state index contributed by atoms with van der Waals surface area (Å²) in [5, 5.41) is 19.9. The minimum absolute atomic E-state index is 0.0125. The maximum atomic E-state index is 10.3. The molecule has 2 aromatic rings. The lowest BCUT2D eigenvalue weighted by Gasteiger charge is -2.28. The maximum absolute atomic E-state index is 10.3. The van der Waals surface area contributed by atoms with Gasteiger partial charge in [0.2, 0.25) is 5.88 Å². The third-order valence-electron chi connectivity index (χ3n) is 3.98. The highest BCUT2D eigenvalue weighted by molar-refractivity contribution is 5.62. The number of rotatable bonds is 3. The van der Waals surface area contributed by atoms with Gasteiger partial charge in [0.25, 0.3) is 0 Å². The number of fused-ring (bicyclic) bond motifs is 1. The molecule has 2 aromatic carbocycles. The van der Waals surface area contributed by atoms with Crippen LogP contribution < -0.4 is 19.9 Å². The van der Waals surface area contributed by atoms with E-state index < -0.39 is 5.92 Å². The Balaban J connectivity index is 2.28. The average Bonchev–Trinajstić information content (AvgIpc) is 2.60. The first-order chi connectivity index (χ1) is 11.6. The lowest BCUT2D eigenvalue weighted by atomic mass is 9.82. The highest BCUT2D eigenvalue weighted by Crippen LogP contribution is 2.48. The number of benzene rings is 2. The molecular formula is C18H16N2O4. The van der Waals surface area contributed by atoms with E-state index in [0.717, 1.165) is 0 Å². The monoisotopic (exact) mass is 324 g/mol. The molecule has 0 aliphatic carbocycles. The van der Waals surface area contributed by atoms with Crippen LogP contribution in [0.2, 0.25) is 0 Å². The molecule has 0 aromatic heterocycles. The van der Waals surface area contributed by atoms with Crippen LogP contribution in [0.5, 0.6) is 23.0 Å². The van der Waals surface area contributed by atoms with E-state index in [1.807, 2.05) is 0 Å². The summed E-state index contributed by atoms with van der Waals surface area (Å²) >= 11 is 0. The molecule has 3 N–H and O–H groups in total. The first-order valence-corrected chi connectivity index (χ1v) is 7.22. The first-order valence-electron chi connectivity index (χ1n) is 7.22. The van der Waals surface area contributed by atoms with Crippen LogP contribution in [0.1, 0.15) is 17.0 Å². The summed E-state index contributed by atoms with van der Waals surface area (Å²) in [5.41, 5.74) is 7.30. The van der Waals surface area contributed by atoms with E-state index in [9.17, 15) is 10.4 Å². The van der Waals surface area contributed by atoms with E-state index in [1.165, 1.54) is 7.11 Å². The van der Waals surface area contributed by atoms with Crippen LogP contribution in [0.4, 0.5) is 0 Å². The molecule has 0 saturated carbocycles. The molecule has 0 amide bonds. The Kier molecular flexibility index (Phi) is 3.92. The molecule has 0 saturated heterocycles. The molecule has 6 heteroatoms. The van der Waals surface area contributed by atoms with Crippen molar-refractivity contribution >= 4 is 0 Å². The van der Waals surface area contributed by atoms with Crippen LogP contribution in [-0.2, 0) is 0 Å². The fourth-order valence-electron chi connectivity index (χ4n) is 2.86. The molecule has 1 unspecified atom stereocenters. The molecule has 1 aliphatic heterocycles. The highest BCUT2D eigenvalue weighted by atomic mass is 16.5. The average molecular weight is 324 g/mol. The predicted molar refractivity (Wildman–Crippen MR) is 87.0 cm³/mol. The number of aromatic hydroxyl groups is 1. The second-order valence-electron chi connectivity index (χ2n) is 5.22. The van der Waals surface area contributed by atoms with E-state index in [-0.39, 0.29) is 17.2 Å². The van der Waals surface area contributed by atoms with Crippen molar-refractivity contribution < 1.29 is 19.3 Å². The van der Waals surface area contributed by atoms with Crippen LogP contribution in [-0.4, -0.2) is 19.3 Å². The molecule has 1 heterocycles. The van der Waals surface area contributed by atoms with Crippen LogP contribution in [0.3, 0.4) is 0 Å². The standard InChI is InChI=1S/C18H16N2O4/c1-22-10-6-7-11(15(8-10)23-2)16-12(9-19)18(20)24-14-5-3-4-13(21)17(14)16/h3-8,16,21H,20H2,1-2H3. The molecule has 3 rings (SSSR count). The van der Waals surface area contributed by atoms with Crippen LogP contribution in [0.25, 0.3) is 0 Å². The smallest absolute Gasteiger partial charge is 0.205 e. The molecular weight excluding hydrogens is 308 g/mol. The lowest BCUT2D eigenvalue weighted by molar-refractivity contribution is 0.374. The number of allylic oxidation sites excluding steroid dienone is 1. The van der Waals surface area contributed by atoms with Crippen LogP contribution >= 0.6 is 0 Å². The predicted octanol–water partition coefficient (Wildman–Crippen LogP) is 2.63. The topological polar surface area (TPSA) is 97.7 Å². The number of phenols is 1. The fourth-order valence-corrected chi connectivity index (χ4v) is 2.86. The third-order valence-corrected chi connectivity index (χ3v) is 3.98. The summed E-state index contributed by atoms with van der Waals surface area (Å²) < 4.78 is 16.2. The molecule has 0 bridgehead atoms. The SMILES string of the molecule is COc1ccc(C2C(C#N)=C(N)Oc3cccc(O)c32)c(OC)c1. The Bertz CT molecular complexity index is 868. The molecule has 0 radical (unpaired) electrons. The van der Waals surface area contributed by atoms with Gasteiger partial charge in [-0.3, -0.25) is 0 Å². The van der Waals surface area contributed by atoms with Gasteiger partial charge in [0.1, 0.15) is 34.6 Å². The molecule has 1 atom stereocenters. The normalized spacial score (nSPS) is 16.0. The molecule has 1 aliphatic rings. The van der Waals surface area contributed by atoms with E-state index in [1.54, 1.807) is 43.5 Å². The van der Waals surface area contributed by atoms with Gasteiger partial charge < -0.3 is 25.1 Å². The van der Waals surface area contributed by atoms with Gasteiger partial charge in [-0.2, -0.15) is 5.26 Å². The minimum atomic E-state index is -0.596. The maximum Gasteiger partial charge on any atom is 0.205 e. The highest BCUT2D eigenvalue weighted by Gasteiger charge is 2.34. The molecule has 0 fully saturated rings. The van der Waals surface area contributed by atoms with Crippen molar-refractivity contribution in [1.29, 1.82) is 5.26 Å². The second-order valence-corrected chi connectivity index (χ2v) is 5.22. The summed E-state index contributed by atoms with van der Waals surface area (Å²) in [7, 11) is 3.09. The van der Waals surface area contributed by atoms with E-state index >= 15 is 0 Å². The van der Waals surface area contributed by atoms with Crippen LogP contribution in [0.15, 0.2) is 47.9 Å². The van der Waals surface area contributed by atoms with Gasteiger partial charge in [-0.25, -0.2) is 0 Å². The Morgan fingerprint density at radius 3 is 2.67 bits per heavy atom.